The van der Waals surface area contributed by atoms with Gasteiger partial charge in [0.25, 0.3) is 0 Å². The van der Waals surface area contributed by atoms with Crippen LogP contribution in [0, 0.1) is 6.92 Å². The zero-order valence-electron chi connectivity index (χ0n) is 11.5. The molecular formula is C17H16BrNO. The van der Waals surface area contributed by atoms with Crippen molar-refractivity contribution in [2.75, 3.05) is 7.05 Å². The van der Waals surface area contributed by atoms with Crippen LogP contribution in [0.2, 0.25) is 0 Å². The summed E-state index contributed by atoms with van der Waals surface area (Å²) in [5, 5.41) is 5.94. The molecular weight excluding hydrogens is 314 g/mol. The first kappa shape index (κ1) is 13.4. The molecule has 1 atom stereocenters. The molecule has 0 aliphatic carbocycles. The maximum Gasteiger partial charge on any atom is 0.174 e. The lowest BCUT2D eigenvalue weighted by molar-refractivity contribution is 0.530. The average Bonchev–Trinajstić information content (AvgIpc) is 2.88. The number of fused-ring (bicyclic) bond motifs is 1. The van der Waals surface area contributed by atoms with E-state index in [4.69, 9.17) is 4.42 Å². The van der Waals surface area contributed by atoms with Crippen molar-refractivity contribution in [3.05, 3.63) is 70.1 Å². The number of aryl methyl sites for hydroxylation is 1. The van der Waals surface area contributed by atoms with Gasteiger partial charge in [0.05, 0.1) is 12.3 Å². The van der Waals surface area contributed by atoms with E-state index in [-0.39, 0.29) is 6.04 Å². The van der Waals surface area contributed by atoms with Gasteiger partial charge in [0.15, 0.2) is 4.67 Å². The van der Waals surface area contributed by atoms with Gasteiger partial charge in [-0.25, -0.2) is 0 Å². The van der Waals surface area contributed by atoms with Crippen LogP contribution in [-0.2, 0) is 0 Å². The number of hydrogen-bond acceptors (Lipinski definition) is 2. The van der Waals surface area contributed by atoms with Crippen molar-refractivity contribution in [1.82, 2.24) is 5.32 Å². The second-order valence-electron chi connectivity index (χ2n) is 4.89. The molecule has 0 aliphatic rings. The largest absolute Gasteiger partial charge is 0.457 e. The van der Waals surface area contributed by atoms with Crippen LogP contribution in [0.3, 0.4) is 0 Å². The highest BCUT2D eigenvalue weighted by molar-refractivity contribution is 9.10. The monoisotopic (exact) mass is 329 g/mol. The molecule has 2 aromatic carbocycles. The minimum atomic E-state index is 0.106. The maximum atomic E-state index is 5.40. The third-order valence-corrected chi connectivity index (χ3v) is 4.37. The quantitative estimate of drug-likeness (QED) is 0.745. The molecule has 0 spiro atoms. The molecule has 1 aromatic heterocycles. The molecule has 0 amide bonds. The number of nitrogens with one attached hydrogen (secondary N) is 1. The third-order valence-electron chi connectivity index (χ3n) is 3.72. The fraction of sp³-hybridized carbons (Fsp3) is 0.176. The fourth-order valence-electron chi connectivity index (χ4n) is 2.75. The van der Waals surface area contributed by atoms with Crippen LogP contribution in [0.15, 0.2) is 57.8 Å². The van der Waals surface area contributed by atoms with Gasteiger partial charge in [-0.05, 0) is 57.9 Å². The summed E-state index contributed by atoms with van der Waals surface area (Å²) in [7, 11) is 1.98. The number of furan rings is 1. The molecule has 0 fully saturated rings. The van der Waals surface area contributed by atoms with Gasteiger partial charge in [0.2, 0.25) is 0 Å². The van der Waals surface area contributed by atoms with Crippen LogP contribution >= 0.6 is 15.9 Å². The molecule has 0 radical (unpaired) electrons. The van der Waals surface area contributed by atoms with E-state index in [1.54, 1.807) is 6.26 Å². The molecule has 3 aromatic rings. The van der Waals surface area contributed by atoms with Crippen molar-refractivity contribution in [3.63, 3.8) is 0 Å². The van der Waals surface area contributed by atoms with Crippen LogP contribution in [0.5, 0.6) is 0 Å². The van der Waals surface area contributed by atoms with Crippen molar-refractivity contribution < 1.29 is 4.42 Å². The summed E-state index contributed by atoms with van der Waals surface area (Å²) in [5.41, 5.74) is 3.69. The Labute approximate surface area is 126 Å². The lowest BCUT2D eigenvalue weighted by Crippen LogP contribution is -2.19. The van der Waals surface area contributed by atoms with Crippen molar-refractivity contribution in [1.29, 1.82) is 0 Å². The Kier molecular flexibility index (Phi) is 3.64. The smallest absolute Gasteiger partial charge is 0.174 e. The van der Waals surface area contributed by atoms with E-state index in [0.29, 0.717) is 0 Å². The maximum absolute atomic E-state index is 5.40. The highest BCUT2D eigenvalue weighted by Gasteiger charge is 2.20. The molecule has 2 nitrogen and oxygen atoms in total. The minimum Gasteiger partial charge on any atom is -0.457 e. The Morgan fingerprint density at radius 2 is 1.90 bits per heavy atom. The third kappa shape index (κ3) is 2.17. The molecule has 3 rings (SSSR count). The lowest BCUT2D eigenvalue weighted by atomic mass is 9.91. The summed E-state index contributed by atoms with van der Waals surface area (Å²) in [6.07, 6.45) is 1.71. The van der Waals surface area contributed by atoms with Gasteiger partial charge in [0, 0.05) is 5.56 Å². The highest BCUT2D eigenvalue weighted by Crippen LogP contribution is 2.35. The zero-order chi connectivity index (χ0) is 14.1. The Balaban J connectivity index is 2.27. The topological polar surface area (TPSA) is 25.2 Å². The first-order valence-corrected chi connectivity index (χ1v) is 7.40. The lowest BCUT2D eigenvalue weighted by Gasteiger charge is -2.20. The number of halogens is 1. The van der Waals surface area contributed by atoms with Gasteiger partial charge in [-0.3, -0.25) is 0 Å². The fourth-order valence-corrected chi connectivity index (χ4v) is 3.22. The second kappa shape index (κ2) is 5.43. The standard InChI is InChI=1S/C17H16BrNO/c1-11-7-8-12-5-3-4-6-13(12)15(11)16(19-2)14-9-10-20-17(14)18/h3-10,16,19H,1-2H3. The van der Waals surface area contributed by atoms with Crippen LogP contribution < -0.4 is 5.32 Å². The van der Waals surface area contributed by atoms with Gasteiger partial charge in [-0.1, -0.05) is 36.4 Å². The predicted molar refractivity (Wildman–Crippen MR) is 86.0 cm³/mol. The molecule has 0 saturated heterocycles. The summed E-state index contributed by atoms with van der Waals surface area (Å²) >= 11 is 3.49. The Morgan fingerprint density at radius 3 is 2.60 bits per heavy atom. The molecule has 20 heavy (non-hydrogen) atoms. The van der Waals surface area contributed by atoms with Crippen LogP contribution in [0.1, 0.15) is 22.7 Å². The van der Waals surface area contributed by atoms with E-state index >= 15 is 0 Å². The number of hydrogen-bond donors (Lipinski definition) is 1. The first-order chi connectivity index (χ1) is 9.72. The molecule has 102 valence electrons. The number of rotatable bonds is 3. The Hall–Kier alpha value is -1.58. The first-order valence-electron chi connectivity index (χ1n) is 6.60. The summed E-state index contributed by atoms with van der Waals surface area (Å²) in [6, 6.07) is 14.9. The van der Waals surface area contributed by atoms with E-state index in [1.807, 2.05) is 13.1 Å². The Bertz CT molecular complexity index is 748. The molecule has 0 bridgehead atoms. The van der Waals surface area contributed by atoms with Gasteiger partial charge < -0.3 is 9.73 Å². The summed E-state index contributed by atoms with van der Waals surface area (Å²) in [5.74, 6) is 0. The van der Waals surface area contributed by atoms with Gasteiger partial charge >= 0.3 is 0 Å². The average molecular weight is 330 g/mol. The highest BCUT2D eigenvalue weighted by atomic mass is 79.9. The number of benzene rings is 2. The van der Waals surface area contributed by atoms with E-state index < -0.39 is 0 Å². The van der Waals surface area contributed by atoms with Gasteiger partial charge in [-0.2, -0.15) is 0 Å². The van der Waals surface area contributed by atoms with Crippen molar-refractivity contribution in [3.8, 4) is 0 Å². The van der Waals surface area contributed by atoms with E-state index in [2.05, 4.69) is 64.6 Å². The molecule has 3 heteroatoms. The van der Waals surface area contributed by atoms with E-state index in [9.17, 15) is 0 Å². The molecule has 1 unspecified atom stereocenters. The van der Waals surface area contributed by atoms with Crippen LogP contribution in [0.4, 0.5) is 0 Å². The normalized spacial score (nSPS) is 12.8. The molecule has 0 aliphatic heterocycles. The summed E-state index contributed by atoms with van der Waals surface area (Å²) in [4.78, 5) is 0. The molecule has 1 N–H and O–H groups in total. The summed E-state index contributed by atoms with van der Waals surface area (Å²) in [6.45, 7) is 2.15. The molecule has 1 heterocycles. The SMILES string of the molecule is CNC(c1ccoc1Br)c1c(C)ccc2ccccc12. The van der Waals surface area contributed by atoms with Crippen molar-refractivity contribution in [2.45, 2.75) is 13.0 Å². The second-order valence-corrected chi connectivity index (χ2v) is 5.61. The van der Waals surface area contributed by atoms with Crippen molar-refractivity contribution >= 4 is 26.7 Å². The summed E-state index contributed by atoms with van der Waals surface area (Å²) < 4.78 is 6.18. The van der Waals surface area contributed by atoms with Crippen LogP contribution in [0.25, 0.3) is 10.8 Å². The van der Waals surface area contributed by atoms with Gasteiger partial charge in [0.1, 0.15) is 0 Å². The predicted octanol–water partition coefficient (Wildman–Crippen LogP) is 4.81. The molecule has 0 saturated carbocycles. The Morgan fingerprint density at radius 1 is 1.10 bits per heavy atom. The van der Waals surface area contributed by atoms with Gasteiger partial charge in [-0.15, -0.1) is 0 Å². The van der Waals surface area contributed by atoms with E-state index in [1.165, 1.54) is 21.9 Å². The van der Waals surface area contributed by atoms with E-state index in [0.717, 1.165) is 10.2 Å². The van der Waals surface area contributed by atoms with Crippen molar-refractivity contribution in [2.24, 2.45) is 0 Å². The minimum absolute atomic E-state index is 0.106. The zero-order valence-corrected chi connectivity index (χ0v) is 13.1. The van der Waals surface area contributed by atoms with Crippen LogP contribution in [-0.4, -0.2) is 7.05 Å².